The lowest BCUT2D eigenvalue weighted by molar-refractivity contribution is -0.141. The lowest BCUT2D eigenvalue weighted by Crippen LogP contribution is -2.48. The molecule has 0 saturated carbocycles. The fraction of sp³-hybridized carbons (Fsp3) is 0.486. The summed E-state index contributed by atoms with van der Waals surface area (Å²) < 4.78 is 15.3. The summed E-state index contributed by atoms with van der Waals surface area (Å²) in [6.07, 6.45) is 3.77. The number of rotatable bonds is 19. The van der Waals surface area contributed by atoms with Gasteiger partial charge in [0.1, 0.15) is 24.1 Å². The number of carbonyl (C=O) groups excluding carboxylic acids is 5. The summed E-state index contributed by atoms with van der Waals surface area (Å²) in [5.41, 5.74) is -0.227. The van der Waals surface area contributed by atoms with Crippen molar-refractivity contribution in [1.29, 1.82) is 0 Å². The molecule has 13 nitrogen and oxygen atoms in total. The molecule has 0 aliphatic carbocycles. The molecule has 15 heteroatoms. The molecule has 3 N–H and O–H groups in total. The van der Waals surface area contributed by atoms with Gasteiger partial charge in [0.15, 0.2) is 0 Å². The number of methoxy groups -OCH3 is 1. The van der Waals surface area contributed by atoms with Crippen molar-refractivity contribution in [3.8, 4) is 0 Å². The van der Waals surface area contributed by atoms with E-state index >= 15 is 0 Å². The third kappa shape index (κ3) is 16.4. The van der Waals surface area contributed by atoms with Gasteiger partial charge in [-0.05, 0) is 88.8 Å². The molecule has 1 unspecified atom stereocenters. The van der Waals surface area contributed by atoms with E-state index in [0.29, 0.717) is 47.1 Å². The summed E-state index contributed by atoms with van der Waals surface area (Å²) in [6, 6.07) is 8.06. The van der Waals surface area contributed by atoms with Gasteiger partial charge < -0.3 is 30.2 Å². The number of hydrogen-bond donors (Lipinski definition) is 3. The van der Waals surface area contributed by atoms with Gasteiger partial charge in [0.25, 0.3) is 0 Å². The Labute approximate surface area is 303 Å². The standard InChI is InChI=1S/C35H47Cl2N5O8/c1-6-19-49-33(46)39-17-10-7-13-27(32(45)41-28(23-31(44)48-5)24-20-25(36)22-26(37)21-24)40-30(43)15-9-12-18-42(29-14-8-11-16-38-29)34(47)50-35(2,3)4/h6,8,11,14,16,20-22,27-28H,1,7,9-10,12-13,15,17-19,23H2,2-5H3,(H,39,46)(H,40,43)(H,41,45)/t27-,28?/m0/s1. The van der Waals surface area contributed by atoms with Crippen LogP contribution in [0.25, 0.3) is 0 Å². The molecule has 0 fully saturated rings. The lowest BCUT2D eigenvalue weighted by Gasteiger charge is -2.26. The number of unbranched alkanes of at least 4 members (excludes halogenated alkanes) is 2. The van der Waals surface area contributed by atoms with E-state index in [0.717, 1.165) is 0 Å². The van der Waals surface area contributed by atoms with Gasteiger partial charge in [0.2, 0.25) is 11.8 Å². The Hall–Kier alpha value is -4.36. The first-order valence-corrected chi connectivity index (χ1v) is 17.0. The Kier molecular flexibility index (Phi) is 18.1. The molecule has 2 atom stereocenters. The van der Waals surface area contributed by atoms with Crippen LogP contribution in [0.1, 0.15) is 77.3 Å². The van der Waals surface area contributed by atoms with E-state index in [2.05, 4.69) is 27.5 Å². The molecule has 0 aliphatic heterocycles. The lowest BCUT2D eigenvalue weighted by atomic mass is 10.0. The number of amides is 4. The van der Waals surface area contributed by atoms with Crippen molar-refractivity contribution in [3.05, 3.63) is 70.9 Å². The van der Waals surface area contributed by atoms with Crippen LogP contribution in [0.15, 0.2) is 55.3 Å². The Balaban J connectivity index is 2.10. The summed E-state index contributed by atoms with van der Waals surface area (Å²) in [5.74, 6) is -1.07. The number of aromatic nitrogens is 1. The summed E-state index contributed by atoms with van der Waals surface area (Å²) in [4.78, 5) is 69.4. The molecule has 0 bridgehead atoms. The predicted molar refractivity (Wildman–Crippen MR) is 191 cm³/mol. The van der Waals surface area contributed by atoms with Gasteiger partial charge >= 0.3 is 18.2 Å². The number of alkyl carbamates (subject to hydrolysis) is 1. The molecule has 0 aliphatic rings. The van der Waals surface area contributed by atoms with Crippen LogP contribution in [0.5, 0.6) is 0 Å². The van der Waals surface area contributed by atoms with Crippen LogP contribution in [-0.2, 0) is 28.6 Å². The van der Waals surface area contributed by atoms with Crippen LogP contribution in [0, 0.1) is 0 Å². The van der Waals surface area contributed by atoms with Gasteiger partial charge in [-0.1, -0.05) is 41.9 Å². The second kappa shape index (κ2) is 21.7. The molecule has 50 heavy (non-hydrogen) atoms. The average molecular weight is 737 g/mol. The van der Waals surface area contributed by atoms with E-state index in [9.17, 15) is 24.0 Å². The second-order valence-electron chi connectivity index (χ2n) is 12.3. The van der Waals surface area contributed by atoms with Crippen LogP contribution in [0.4, 0.5) is 15.4 Å². The van der Waals surface area contributed by atoms with Crippen LogP contribution in [0.3, 0.4) is 0 Å². The minimum Gasteiger partial charge on any atom is -0.469 e. The molecular formula is C35H47Cl2N5O8. The Morgan fingerprint density at radius 2 is 1.72 bits per heavy atom. The first-order chi connectivity index (χ1) is 23.7. The van der Waals surface area contributed by atoms with Gasteiger partial charge in [0.05, 0.1) is 19.6 Å². The maximum absolute atomic E-state index is 13.6. The summed E-state index contributed by atoms with van der Waals surface area (Å²) in [7, 11) is 1.24. The SMILES string of the molecule is C=CCOC(=O)NCCCC[C@H](NC(=O)CCCCN(C(=O)OC(C)(C)C)c1ccccn1)C(=O)NC(CC(=O)OC)c1cc(Cl)cc(Cl)c1. The first kappa shape index (κ1) is 41.8. The highest BCUT2D eigenvalue weighted by Gasteiger charge is 2.27. The summed E-state index contributed by atoms with van der Waals surface area (Å²) >= 11 is 12.4. The van der Waals surface area contributed by atoms with E-state index in [1.54, 1.807) is 57.3 Å². The minimum absolute atomic E-state index is 0.0698. The zero-order chi connectivity index (χ0) is 37.1. The Morgan fingerprint density at radius 1 is 1.00 bits per heavy atom. The van der Waals surface area contributed by atoms with Crippen LogP contribution >= 0.6 is 23.2 Å². The molecular weight excluding hydrogens is 689 g/mol. The third-order valence-corrected chi connectivity index (χ3v) is 7.39. The molecule has 2 rings (SSSR count). The number of nitrogens with one attached hydrogen (secondary N) is 3. The van der Waals surface area contributed by atoms with E-state index in [1.807, 2.05) is 0 Å². The third-order valence-electron chi connectivity index (χ3n) is 6.95. The zero-order valence-electron chi connectivity index (χ0n) is 29.0. The highest BCUT2D eigenvalue weighted by molar-refractivity contribution is 6.34. The number of halogens is 2. The number of esters is 1. The van der Waals surface area contributed by atoms with Crippen LogP contribution < -0.4 is 20.9 Å². The molecule has 0 saturated heterocycles. The van der Waals surface area contributed by atoms with Crippen molar-refractivity contribution in [2.75, 3.05) is 31.7 Å². The fourth-order valence-corrected chi connectivity index (χ4v) is 5.16. The molecule has 4 amide bonds. The maximum Gasteiger partial charge on any atom is 0.416 e. The van der Waals surface area contributed by atoms with Gasteiger partial charge in [-0.2, -0.15) is 0 Å². The predicted octanol–water partition coefficient (Wildman–Crippen LogP) is 6.29. The Morgan fingerprint density at radius 3 is 2.34 bits per heavy atom. The number of ether oxygens (including phenoxy) is 3. The molecule has 0 spiro atoms. The fourth-order valence-electron chi connectivity index (χ4n) is 4.62. The number of pyridine rings is 1. The average Bonchev–Trinajstić information content (AvgIpc) is 3.05. The van der Waals surface area contributed by atoms with Crippen molar-refractivity contribution in [2.24, 2.45) is 0 Å². The van der Waals surface area contributed by atoms with Crippen molar-refractivity contribution in [3.63, 3.8) is 0 Å². The topological polar surface area (TPSA) is 165 Å². The van der Waals surface area contributed by atoms with Crippen LogP contribution in [0.2, 0.25) is 10.0 Å². The Bertz CT molecular complexity index is 1420. The summed E-state index contributed by atoms with van der Waals surface area (Å²) in [5, 5.41) is 8.88. The number of benzene rings is 1. The first-order valence-electron chi connectivity index (χ1n) is 16.3. The monoisotopic (exact) mass is 735 g/mol. The highest BCUT2D eigenvalue weighted by atomic mass is 35.5. The van der Waals surface area contributed by atoms with Gasteiger partial charge in [-0.3, -0.25) is 19.3 Å². The molecule has 1 aromatic carbocycles. The number of carbonyl (C=O) groups is 5. The van der Waals surface area contributed by atoms with E-state index in [1.165, 1.54) is 24.2 Å². The normalized spacial score (nSPS) is 12.1. The second-order valence-corrected chi connectivity index (χ2v) is 13.1. The molecule has 1 heterocycles. The largest absolute Gasteiger partial charge is 0.469 e. The molecule has 274 valence electrons. The zero-order valence-corrected chi connectivity index (χ0v) is 30.5. The minimum atomic E-state index is -0.975. The quantitative estimate of drug-likeness (QED) is 0.0651. The molecule has 2 aromatic rings. The van der Waals surface area contributed by atoms with E-state index < -0.39 is 41.7 Å². The van der Waals surface area contributed by atoms with Crippen LogP contribution in [-0.4, -0.2) is 73.4 Å². The van der Waals surface area contributed by atoms with Crippen molar-refractivity contribution in [2.45, 2.75) is 83.4 Å². The molecule has 1 aromatic heterocycles. The smallest absolute Gasteiger partial charge is 0.416 e. The van der Waals surface area contributed by atoms with Gasteiger partial charge in [-0.25, -0.2) is 14.6 Å². The highest BCUT2D eigenvalue weighted by Crippen LogP contribution is 2.26. The van der Waals surface area contributed by atoms with Crippen molar-refractivity contribution >= 4 is 59.0 Å². The van der Waals surface area contributed by atoms with Gasteiger partial charge in [0, 0.05) is 35.8 Å². The van der Waals surface area contributed by atoms with Crippen molar-refractivity contribution < 1.29 is 38.2 Å². The van der Waals surface area contributed by atoms with E-state index in [-0.39, 0.29) is 44.9 Å². The van der Waals surface area contributed by atoms with Gasteiger partial charge in [-0.15, -0.1) is 0 Å². The van der Waals surface area contributed by atoms with E-state index in [4.69, 9.17) is 37.4 Å². The summed E-state index contributed by atoms with van der Waals surface area (Å²) in [6.45, 7) is 9.43. The number of hydrogen-bond acceptors (Lipinski definition) is 9. The molecule has 0 radical (unpaired) electrons. The number of anilines is 1. The maximum atomic E-state index is 13.6. The van der Waals surface area contributed by atoms with Crippen molar-refractivity contribution in [1.82, 2.24) is 20.9 Å². The number of nitrogens with zero attached hydrogens (tertiary/aromatic N) is 2.